The van der Waals surface area contributed by atoms with Crippen LogP contribution in [0.15, 0.2) is 41.5 Å². The first-order chi connectivity index (χ1) is 13.9. The molecule has 29 heavy (non-hydrogen) atoms. The number of nitrogens with one attached hydrogen (secondary N) is 2. The van der Waals surface area contributed by atoms with Gasteiger partial charge in [0, 0.05) is 10.7 Å². The molecule has 2 N–H and O–H groups in total. The first kappa shape index (κ1) is 23.0. The van der Waals surface area contributed by atoms with Crippen LogP contribution in [-0.2, 0) is 9.59 Å². The van der Waals surface area contributed by atoms with E-state index in [0.29, 0.717) is 35.4 Å². The van der Waals surface area contributed by atoms with E-state index in [2.05, 4.69) is 38.4 Å². The molecule has 2 amide bonds. The molecule has 9 heteroatoms. The number of amides is 2. The SMILES string of the molecule is CCOc1cc(C=NNC(=O)CC(=O)Nc2ccc(Cl)cc2)cc(I)c1OCC. The zero-order valence-corrected chi connectivity index (χ0v) is 18.9. The van der Waals surface area contributed by atoms with Crippen molar-refractivity contribution in [3.8, 4) is 11.5 Å². The van der Waals surface area contributed by atoms with Gasteiger partial charge in [0.05, 0.1) is 23.0 Å². The number of ether oxygens (including phenoxy) is 2. The number of hydrogen-bond acceptors (Lipinski definition) is 5. The van der Waals surface area contributed by atoms with Crippen LogP contribution in [0.2, 0.25) is 5.02 Å². The van der Waals surface area contributed by atoms with Gasteiger partial charge in [0.25, 0.3) is 0 Å². The van der Waals surface area contributed by atoms with Crippen molar-refractivity contribution in [2.75, 3.05) is 18.5 Å². The first-order valence-corrected chi connectivity index (χ1v) is 10.3. The van der Waals surface area contributed by atoms with Crippen molar-refractivity contribution in [3.63, 3.8) is 0 Å². The van der Waals surface area contributed by atoms with E-state index in [9.17, 15) is 9.59 Å². The van der Waals surface area contributed by atoms with Crippen molar-refractivity contribution in [2.45, 2.75) is 20.3 Å². The van der Waals surface area contributed by atoms with Gasteiger partial charge in [-0.2, -0.15) is 5.10 Å². The fraction of sp³-hybridized carbons (Fsp3) is 0.250. The average molecular weight is 530 g/mol. The highest BCUT2D eigenvalue weighted by Gasteiger charge is 2.12. The van der Waals surface area contributed by atoms with E-state index in [1.807, 2.05) is 19.9 Å². The molecule has 0 heterocycles. The highest BCUT2D eigenvalue weighted by Crippen LogP contribution is 2.33. The Balaban J connectivity index is 1.93. The Hall–Kier alpha value is -2.33. The molecule has 0 spiro atoms. The lowest BCUT2D eigenvalue weighted by Gasteiger charge is -2.13. The third kappa shape index (κ3) is 7.54. The Morgan fingerprint density at radius 2 is 1.79 bits per heavy atom. The Kier molecular flexibility index (Phi) is 9.20. The van der Waals surface area contributed by atoms with Gasteiger partial charge >= 0.3 is 0 Å². The minimum absolute atomic E-state index is 0.356. The standard InChI is InChI=1S/C20H21ClIN3O4/c1-3-28-17-10-13(9-16(22)20(17)29-4-2)12-23-25-19(27)11-18(26)24-15-7-5-14(21)6-8-15/h5-10,12H,3-4,11H2,1-2H3,(H,24,26)(H,25,27). The molecule has 0 radical (unpaired) electrons. The van der Waals surface area contributed by atoms with Crippen LogP contribution in [0.1, 0.15) is 25.8 Å². The largest absolute Gasteiger partial charge is 0.490 e. The molecule has 0 aliphatic heterocycles. The summed E-state index contributed by atoms with van der Waals surface area (Å²) in [5.41, 5.74) is 3.63. The maximum Gasteiger partial charge on any atom is 0.249 e. The number of hydrazone groups is 1. The lowest BCUT2D eigenvalue weighted by atomic mass is 10.2. The zero-order chi connectivity index (χ0) is 21.2. The molecule has 0 aliphatic rings. The van der Waals surface area contributed by atoms with E-state index in [-0.39, 0.29) is 6.42 Å². The summed E-state index contributed by atoms with van der Waals surface area (Å²) in [6.45, 7) is 4.81. The van der Waals surface area contributed by atoms with Gasteiger partial charge in [0.15, 0.2) is 11.5 Å². The number of nitrogens with zero attached hydrogens (tertiary/aromatic N) is 1. The van der Waals surface area contributed by atoms with Crippen LogP contribution in [0.25, 0.3) is 0 Å². The number of carbonyl (C=O) groups excluding carboxylic acids is 2. The molecule has 0 unspecified atom stereocenters. The number of hydrogen-bond donors (Lipinski definition) is 2. The molecule has 0 atom stereocenters. The van der Waals surface area contributed by atoms with Crippen LogP contribution in [0.5, 0.6) is 11.5 Å². The molecular formula is C20H21ClIN3O4. The van der Waals surface area contributed by atoms with Crippen LogP contribution in [-0.4, -0.2) is 31.2 Å². The number of anilines is 1. The highest BCUT2D eigenvalue weighted by atomic mass is 127. The Morgan fingerprint density at radius 3 is 2.45 bits per heavy atom. The summed E-state index contributed by atoms with van der Waals surface area (Å²) >= 11 is 7.95. The van der Waals surface area contributed by atoms with Crippen LogP contribution in [0, 0.1) is 3.57 Å². The van der Waals surface area contributed by atoms with Crippen molar-refractivity contribution in [1.82, 2.24) is 5.43 Å². The van der Waals surface area contributed by atoms with Gasteiger partial charge in [-0.15, -0.1) is 0 Å². The van der Waals surface area contributed by atoms with Gasteiger partial charge in [-0.3, -0.25) is 9.59 Å². The summed E-state index contributed by atoms with van der Waals surface area (Å²) in [5.74, 6) is 0.305. The third-order valence-corrected chi connectivity index (χ3v) is 4.53. The molecule has 0 saturated heterocycles. The highest BCUT2D eigenvalue weighted by molar-refractivity contribution is 14.1. The first-order valence-electron chi connectivity index (χ1n) is 8.89. The lowest BCUT2D eigenvalue weighted by Crippen LogP contribution is -2.24. The molecule has 2 rings (SSSR count). The summed E-state index contributed by atoms with van der Waals surface area (Å²) in [6, 6.07) is 10.2. The Bertz CT molecular complexity index is 888. The predicted molar refractivity (Wildman–Crippen MR) is 122 cm³/mol. The summed E-state index contributed by atoms with van der Waals surface area (Å²) in [7, 11) is 0. The molecule has 0 aromatic heterocycles. The molecular weight excluding hydrogens is 509 g/mol. The molecule has 154 valence electrons. The molecule has 0 aliphatic carbocycles. The Labute approximate surface area is 187 Å². The third-order valence-electron chi connectivity index (χ3n) is 3.47. The topological polar surface area (TPSA) is 89.0 Å². The fourth-order valence-corrected chi connectivity index (χ4v) is 3.22. The minimum Gasteiger partial charge on any atom is -0.490 e. The monoisotopic (exact) mass is 529 g/mol. The second-order valence-corrected chi connectivity index (χ2v) is 7.32. The normalized spacial score (nSPS) is 10.6. The van der Waals surface area contributed by atoms with Gasteiger partial charge < -0.3 is 14.8 Å². The van der Waals surface area contributed by atoms with E-state index in [1.54, 1.807) is 30.3 Å². The number of benzene rings is 2. The van der Waals surface area contributed by atoms with Crippen LogP contribution >= 0.6 is 34.2 Å². The van der Waals surface area contributed by atoms with Crippen molar-refractivity contribution in [1.29, 1.82) is 0 Å². The summed E-state index contributed by atoms with van der Waals surface area (Å²) in [4.78, 5) is 23.8. The van der Waals surface area contributed by atoms with Gasteiger partial charge in [0.2, 0.25) is 11.8 Å². The van der Waals surface area contributed by atoms with Crippen molar-refractivity contribution < 1.29 is 19.1 Å². The van der Waals surface area contributed by atoms with E-state index < -0.39 is 11.8 Å². The average Bonchev–Trinajstić information content (AvgIpc) is 2.66. The quantitative estimate of drug-likeness (QED) is 0.220. The van der Waals surface area contributed by atoms with Crippen molar-refractivity contribution in [2.24, 2.45) is 5.10 Å². The van der Waals surface area contributed by atoms with Gasteiger partial charge in [-0.1, -0.05) is 11.6 Å². The number of carbonyl (C=O) groups is 2. The van der Waals surface area contributed by atoms with Crippen LogP contribution < -0.4 is 20.2 Å². The van der Waals surface area contributed by atoms with E-state index in [0.717, 1.165) is 9.13 Å². The maximum atomic E-state index is 11.9. The smallest absolute Gasteiger partial charge is 0.249 e. The Morgan fingerprint density at radius 1 is 1.10 bits per heavy atom. The van der Waals surface area contributed by atoms with Crippen molar-refractivity contribution >= 4 is 57.9 Å². The van der Waals surface area contributed by atoms with E-state index in [1.165, 1.54) is 6.21 Å². The summed E-state index contributed by atoms with van der Waals surface area (Å²) in [6.07, 6.45) is 1.13. The van der Waals surface area contributed by atoms with Gasteiger partial charge in [-0.05, 0) is 78.4 Å². The second-order valence-electron chi connectivity index (χ2n) is 5.72. The van der Waals surface area contributed by atoms with Crippen molar-refractivity contribution in [3.05, 3.63) is 50.6 Å². The molecule has 2 aromatic carbocycles. The number of rotatable bonds is 9. The molecule has 0 fully saturated rings. The lowest BCUT2D eigenvalue weighted by molar-refractivity contribution is -0.126. The molecule has 0 bridgehead atoms. The van der Waals surface area contributed by atoms with Gasteiger partial charge in [0.1, 0.15) is 6.42 Å². The van der Waals surface area contributed by atoms with E-state index >= 15 is 0 Å². The zero-order valence-electron chi connectivity index (χ0n) is 16.0. The predicted octanol–water partition coefficient (Wildman–Crippen LogP) is 4.22. The fourth-order valence-electron chi connectivity index (χ4n) is 2.31. The molecule has 0 saturated carbocycles. The second kappa shape index (κ2) is 11.6. The maximum absolute atomic E-state index is 11.9. The minimum atomic E-state index is -0.529. The van der Waals surface area contributed by atoms with Crippen LogP contribution in [0.4, 0.5) is 5.69 Å². The summed E-state index contributed by atoms with van der Waals surface area (Å²) < 4.78 is 12.1. The van der Waals surface area contributed by atoms with Crippen LogP contribution in [0.3, 0.4) is 0 Å². The van der Waals surface area contributed by atoms with Gasteiger partial charge in [-0.25, -0.2) is 5.43 Å². The molecule has 2 aromatic rings. The molecule has 7 nitrogen and oxygen atoms in total. The van der Waals surface area contributed by atoms with E-state index in [4.69, 9.17) is 21.1 Å². The number of halogens is 2. The summed E-state index contributed by atoms with van der Waals surface area (Å²) in [5, 5.41) is 7.08.